The molecule has 1 amide bonds. The van der Waals surface area contributed by atoms with Crippen molar-refractivity contribution in [1.29, 1.82) is 0 Å². The quantitative estimate of drug-likeness (QED) is 0.875. The maximum Gasteiger partial charge on any atom is 0.256 e. The molecule has 126 valence electrons. The van der Waals surface area contributed by atoms with Gasteiger partial charge in [0.25, 0.3) is 5.91 Å². The van der Waals surface area contributed by atoms with Gasteiger partial charge in [0.1, 0.15) is 6.04 Å². The second-order valence-electron chi connectivity index (χ2n) is 6.07. The first-order valence-corrected chi connectivity index (χ1v) is 9.68. The van der Waals surface area contributed by atoms with Crippen molar-refractivity contribution >= 4 is 21.6 Å². The third-order valence-electron chi connectivity index (χ3n) is 4.33. The van der Waals surface area contributed by atoms with Gasteiger partial charge < -0.3 is 9.64 Å². The molecule has 2 fully saturated rings. The molecule has 1 aromatic carbocycles. The summed E-state index contributed by atoms with van der Waals surface area (Å²) in [6, 6.07) is 9.18. The average Bonchev–Trinajstić information content (AvgIpc) is 3.18. The largest absolute Gasteiger partial charge is 0.377 e. The molecule has 1 N–H and O–H groups in total. The number of anilines is 1. The third-order valence-corrected chi connectivity index (χ3v) is 5.65. The molecule has 1 aromatic rings. The van der Waals surface area contributed by atoms with Crippen LogP contribution in [0.15, 0.2) is 30.3 Å². The maximum absolute atomic E-state index is 12.4. The standard InChI is InChI=1S/C16H22N2O4S/c19-16(17-23(20,21)12-14-8-5-11-22-14)15-9-4-10-18(15)13-6-2-1-3-7-13/h1-3,6-7,14-15H,4-5,8-12H2,(H,17,19)/t14-,15+/m0/s1. The molecule has 2 atom stereocenters. The summed E-state index contributed by atoms with van der Waals surface area (Å²) in [7, 11) is -3.66. The minimum absolute atomic E-state index is 0.142. The van der Waals surface area contributed by atoms with Gasteiger partial charge in [-0.15, -0.1) is 0 Å². The zero-order valence-corrected chi connectivity index (χ0v) is 13.8. The zero-order chi connectivity index (χ0) is 16.3. The minimum atomic E-state index is -3.66. The molecule has 7 heteroatoms. The number of nitrogens with one attached hydrogen (secondary N) is 1. The molecule has 2 heterocycles. The van der Waals surface area contributed by atoms with Crippen molar-refractivity contribution in [1.82, 2.24) is 4.72 Å². The number of carbonyl (C=O) groups is 1. The highest BCUT2D eigenvalue weighted by Gasteiger charge is 2.34. The van der Waals surface area contributed by atoms with E-state index in [1.54, 1.807) is 0 Å². The van der Waals surface area contributed by atoms with E-state index in [4.69, 9.17) is 4.74 Å². The SMILES string of the molecule is O=C(NS(=O)(=O)C[C@@H]1CCCO1)[C@H]1CCCN1c1ccccc1. The normalized spacial score (nSPS) is 24.8. The molecule has 0 unspecified atom stereocenters. The second kappa shape index (κ2) is 6.88. The van der Waals surface area contributed by atoms with Crippen LogP contribution in [-0.4, -0.2) is 45.4 Å². The summed E-state index contributed by atoms with van der Waals surface area (Å²) in [5, 5.41) is 0. The van der Waals surface area contributed by atoms with E-state index in [1.165, 1.54) is 0 Å². The molecule has 0 bridgehead atoms. The van der Waals surface area contributed by atoms with Gasteiger partial charge in [-0.3, -0.25) is 9.52 Å². The topological polar surface area (TPSA) is 75.7 Å². The van der Waals surface area contributed by atoms with E-state index >= 15 is 0 Å². The molecule has 2 aliphatic rings. The van der Waals surface area contributed by atoms with Crippen molar-refractivity contribution in [3.05, 3.63) is 30.3 Å². The Morgan fingerprint density at radius 1 is 1.22 bits per heavy atom. The summed E-state index contributed by atoms with van der Waals surface area (Å²) in [6.07, 6.45) is 2.84. The molecule has 0 spiro atoms. The number of rotatable bonds is 5. The van der Waals surface area contributed by atoms with Crippen molar-refractivity contribution in [2.45, 2.75) is 37.8 Å². The van der Waals surface area contributed by atoms with Crippen LogP contribution < -0.4 is 9.62 Å². The lowest BCUT2D eigenvalue weighted by Crippen LogP contribution is -2.47. The molecule has 23 heavy (non-hydrogen) atoms. The molecule has 0 saturated carbocycles. The number of benzene rings is 1. The summed E-state index contributed by atoms with van der Waals surface area (Å²) in [6.45, 7) is 1.35. The zero-order valence-electron chi connectivity index (χ0n) is 13.0. The van der Waals surface area contributed by atoms with Crippen molar-refractivity contribution in [3.8, 4) is 0 Å². The lowest BCUT2D eigenvalue weighted by Gasteiger charge is -2.26. The van der Waals surface area contributed by atoms with E-state index in [0.29, 0.717) is 13.0 Å². The number of carbonyl (C=O) groups excluding carboxylic acids is 1. The molecule has 0 radical (unpaired) electrons. The highest BCUT2D eigenvalue weighted by Crippen LogP contribution is 2.25. The Labute approximate surface area is 136 Å². The van der Waals surface area contributed by atoms with Gasteiger partial charge in [0.05, 0.1) is 11.9 Å². The Kier molecular flexibility index (Phi) is 4.87. The first kappa shape index (κ1) is 16.3. The highest BCUT2D eigenvalue weighted by molar-refractivity contribution is 7.90. The van der Waals surface area contributed by atoms with Crippen LogP contribution >= 0.6 is 0 Å². The fourth-order valence-corrected chi connectivity index (χ4v) is 4.53. The molecule has 3 rings (SSSR count). The summed E-state index contributed by atoms with van der Waals surface area (Å²) in [4.78, 5) is 14.4. The van der Waals surface area contributed by atoms with E-state index in [2.05, 4.69) is 4.72 Å². The van der Waals surface area contributed by atoms with Crippen LogP contribution in [0.25, 0.3) is 0 Å². The Balaban J connectivity index is 1.64. The Morgan fingerprint density at radius 2 is 2.00 bits per heavy atom. The van der Waals surface area contributed by atoms with E-state index in [9.17, 15) is 13.2 Å². The molecule has 0 aliphatic carbocycles. The minimum Gasteiger partial charge on any atom is -0.377 e. The Hall–Kier alpha value is -1.60. The average molecular weight is 338 g/mol. The lowest BCUT2D eigenvalue weighted by molar-refractivity contribution is -0.120. The van der Waals surface area contributed by atoms with Crippen LogP contribution in [0.3, 0.4) is 0 Å². The van der Waals surface area contributed by atoms with Gasteiger partial charge in [0, 0.05) is 18.8 Å². The number of amides is 1. The summed E-state index contributed by atoms with van der Waals surface area (Å²) in [5.74, 6) is -0.582. The van der Waals surface area contributed by atoms with Gasteiger partial charge in [-0.25, -0.2) is 8.42 Å². The monoisotopic (exact) mass is 338 g/mol. The van der Waals surface area contributed by atoms with Gasteiger partial charge in [-0.2, -0.15) is 0 Å². The van der Waals surface area contributed by atoms with Gasteiger partial charge in [-0.1, -0.05) is 18.2 Å². The van der Waals surface area contributed by atoms with Crippen molar-refractivity contribution in [2.24, 2.45) is 0 Å². The van der Waals surface area contributed by atoms with E-state index in [1.807, 2.05) is 35.2 Å². The van der Waals surface area contributed by atoms with Crippen molar-refractivity contribution in [2.75, 3.05) is 23.8 Å². The number of ether oxygens (including phenoxy) is 1. The lowest BCUT2D eigenvalue weighted by atomic mass is 10.2. The number of sulfonamides is 1. The molecule has 0 aromatic heterocycles. The van der Waals surface area contributed by atoms with Gasteiger partial charge in [0.15, 0.2) is 0 Å². The Morgan fingerprint density at radius 3 is 2.70 bits per heavy atom. The van der Waals surface area contributed by atoms with Crippen LogP contribution in [0.2, 0.25) is 0 Å². The number of nitrogens with zero attached hydrogens (tertiary/aromatic N) is 1. The number of para-hydroxylation sites is 1. The highest BCUT2D eigenvalue weighted by atomic mass is 32.2. The van der Waals surface area contributed by atoms with E-state index < -0.39 is 22.0 Å². The maximum atomic E-state index is 12.4. The van der Waals surface area contributed by atoms with Crippen LogP contribution in [0.1, 0.15) is 25.7 Å². The van der Waals surface area contributed by atoms with Crippen molar-refractivity contribution < 1.29 is 17.9 Å². The first-order valence-electron chi connectivity index (χ1n) is 8.03. The molecule has 6 nitrogen and oxygen atoms in total. The molecule has 2 aliphatic heterocycles. The third kappa shape index (κ3) is 4.03. The smallest absolute Gasteiger partial charge is 0.256 e. The summed E-state index contributed by atoms with van der Waals surface area (Å²) >= 11 is 0. The molecular formula is C16H22N2O4S. The number of hydrogen-bond donors (Lipinski definition) is 1. The van der Waals surface area contributed by atoms with Crippen LogP contribution in [0, 0.1) is 0 Å². The van der Waals surface area contributed by atoms with Crippen LogP contribution in [0.5, 0.6) is 0 Å². The fourth-order valence-electron chi connectivity index (χ4n) is 3.25. The fraction of sp³-hybridized carbons (Fsp3) is 0.562. The van der Waals surface area contributed by atoms with Crippen molar-refractivity contribution in [3.63, 3.8) is 0 Å². The number of hydrogen-bond acceptors (Lipinski definition) is 5. The predicted molar refractivity (Wildman–Crippen MR) is 87.7 cm³/mol. The molecular weight excluding hydrogens is 316 g/mol. The van der Waals surface area contributed by atoms with E-state index in [-0.39, 0.29) is 11.9 Å². The predicted octanol–water partition coefficient (Wildman–Crippen LogP) is 1.28. The summed E-state index contributed by atoms with van der Waals surface area (Å²) in [5.41, 5.74) is 0.946. The van der Waals surface area contributed by atoms with Gasteiger partial charge >= 0.3 is 0 Å². The van der Waals surface area contributed by atoms with E-state index in [0.717, 1.165) is 31.5 Å². The van der Waals surface area contributed by atoms with Crippen LogP contribution in [0.4, 0.5) is 5.69 Å². The summed E-state index contributed by atoms with van der Waals surface area (Å²) < 4.78 is 31.9. The molecule has 2 saturated heterocycles. The second-order valence-corrected chi connectivity index (χ2v) is 7.84. The Bertz CT molecular complexity index is 641. The van der Waals surface area contributed by atoms with Crippen LogP contribution in [-0.2, 0) is 19.6 Å². The van der Waals surface area contributed by atoms with Gasteiger partial charge in [0.2, 0.25) is 10.0 Å². The first-order chi connectivity index (χ1) is 11.1. The van der Waals surface area contributed by atoms with Gasteiger partial charge in [-0.05, 0) is 37.8 Å².